The number of benzene rings is 2. The van der Waals surface area contributed by atoms with Crippen molar-refractivity contribution in [1.82, 2.24) is 5.43 Å². The molecule has 0 fully saturated rings. The van der Waals surface area contributed by atoms with Gasteiger partial charge in [-0.3, -0.25) is 5.84 Å². The van der Waals surface area contributed by atoms with Crippen molar-refractivity contribution >= 4 is 39.1 Å². The van der Waals surface area contributed by atoms with Gasteiger partial charge in [0.25, 0.3) is 0 Å². The first-order valence-corrected chi connectivity index (χ1v) is 6.95. The van der Waals surface area contributed by atoms with E-state index < -0.39 is 6.04 Å². The largest absolute Gasteiger partial charge is 0.271 e. The van der Waals surface area contributed by atoms with E-state index in [9.17, 15) is 4.39 Å². The molecule has 19 heavy (non-hydrogen) atoms. The van der Waals surface area contributed by atoms with Gasteiger partial charge in [-0.1, -0.05) is 47.5 Å². The van der Waals surface area contributed by atoms with Gasteiger partial charge in [-0.15, -0.1) is 0 Å². The molecule has 0 aliphatic rings. The molecule has 0 spiro atoms. The number of nitrogens with two attached hydrogens (primary N) is 1. The molecule has 6 heteroatoms. The Labute approximate surface area is 128 Å². The van der Waals surface area contributed by atoms with E-state index >= 15 is 0 Å². The Bertz CT molecular complexity index is 556. The van der Waals surface area contributed by atoms with Gasteiger partial charge in [-0.25, -0.2) is 9.82 Å². The van der Waals surface area contributed by atoms with Gasteiger partial charge < -0.3 is 0 Å². The minimum atomic E-state index is -0.462. The Balaban J connectivity index is 2.57. The van der Waals surface area contributed by atoms with Gasteiger partial charge >= 0.3 is 0 Å². The Hall–Kier alpha value is -0.650. The maximum Gasteiger partial charge on any atom is 0.137 e. The van der Waals surface area contributed by atoms with Crippen LogP contribution >= 0.6 is 39.1 Å². The standard InChI is InChI=1S/C13H10BrCl2FN2/c14-11-7(3-2-6-10(11)17)13(19-18)8-4-1-5-9(15)12(8)16/h1-6,13,19H,18H2. The van der Waals surface area contributed by atoms with Crippen LogP contribution in [0, 0.1) is 5.82 Å². The second-order valence-electron chi connectivity index (χ2n) is 3.89. The lowest BCUT2D eigenvalue weighted by Crippen LogP contribution is -2.29. The van der Waals surface area contributed by atoms with Crippen LogP contribution in [0.2, 0.25) is 10.0 Å². The van der Waals surface area contributed by atoms with Gasteiger partial charge in [0.2, 0.25) is 0 Å². The summed E-state index contributed by atoms with van der Waals surface area (Å²) in [7, 11) is 0. The highest BCUT2D eigenvalue weighted by Crippen LogP contribution is 2.36. The highest BCUT2D eigenvalue weighted by Gasteiger charge is 2.20. The monoisotopic (exact) mass is 362 g/mol. The van der Waals surface area contributed by atoms with Crippen LogP contribution in [0.5, 0.6) is 0 Å². The fourth-order valence-corrected chi connectivity index (χ4v) is 2.74. The predicted octanol–water partition coefficient (Wildman–Crippen LogP) is 4.45. The van der Waals surface area contributed by atoms with E-state index in [1.54, 1.807) is 30.3 Å². The number of hydrazine groups is 1. The summed E-state index contributed by atoms with van der Waals surface area (Å²) in [4.78, 5) is 0. The van der Waals surface area contributed by atoms with Crippen molar-refractivity contribution in [3.63, 3.8) is 0 Å². The SMILES string of the molecule is NNC(c1cccc(Cl)c1Cl)c1cccc(F)c1Br. The van der Waals surface area contributed by atoms with Crippen molar-refractivity contribution in [2.45, 2.75) is 6.04 Å². The van der Waals surface area contributed by atoms with E-state index in [-0.39, 0.29) is 5.82 Å². The second-order valence-corrected chi connectivity index (χ2v) is 5.46. The summed E-state index contributed by atoms with van der Waals surface area (Å²) in [6.45, 7) is 0. The summed E-state index contributed by atoms with van der Waals surface area (Å²) in [5.74, 6) is 5.21. The van der Waals surface area contributed by atoms with E-state index in [0.29, 0.717) is 25.6 Å². The van der Waals surface area contributed by atoms with Crippen molar-refractivity contribution in [3.05, 3.63) is 67.9 Å². The Morgan fingerprint density at radius 2 is 1.74 bits per heavy atom. The lowest BCUT2D eigenvalue weighted by Gasteiger charge is -2.20. The molecule has 0 aliphatic carbocycles. The van der Waals surface area contributed by atoms with Crippen molar-refractivity contribution in [2.24, 2.45) is 5.84 Å². The van der Waals surface area contributed by atoms with E-state index in [4.69, 9.17) is 29.0 Å². The first-order chi connectivity index (χ1) is 9.06. The fraction of sp³-hybridized carbons (Fsp3) is 0.0769. The Morgan fingerprint density at radius 3 is 2.42 bits per heavy atom. The van der Waals surface area contributed by atoms with E-state index in [0.717, 1.165) is 0 Å². The lowest BCUT2D eigenvalue weighted by molar-refractivity contribution is 0.597. The third-order valence-corrected chi connectivity index (χ3v) is 4.42. The molecule has 0 aliphatic heterocycles. The van der Waals surface area contributed by atoms with Crippen LogP contribution in [0.15, 0.2) is 40.9 Å². The van der Waals surface area contributed by atoms with Crippen LogP contribution in [0.3, 0.4) is 0 Å². The molecule has 2 rings (SSSR count). The summed E-state index contributed by atoms with van der Waals surface area (Å²) >= 11 is 15.4. The molecule has 0 heterocycles. The third kappa shape index (κ3) is 2.93. The molecule has 0 bridgehead atoms. The molecule has 0 amide bonds. The topological polar surface area (TPSA) is 38.0 Å². The Morgan fingerprint density at radius 1 is 1.11 bits per heavy atom. The molecular formula is C13H10BrCl2FN2. The Kier molecular flexibility index (Phi) is 4.81. The van der Waals surface area contributed by atoms with E-state index in [1.807, 2.05) is 0 Å². The molecule has 2 nitrogen and oxygen atoms in total. The van der Waals surface area contributed by atoms with Gasteiger partial charge in [-0.05, 0) is 39.2 Å². The minimum absolute atomic E-state index is 0.342. The van der Waals surface area contributed by atoms with Crippen molar-refractivity contribution in [2.75, 3.05) is 0 Å². The smallest absolute Gasteiger partial charge is 0.137 e. The normalized spacial score (nSPS) is 12.5. The van der Waals surface area contributed by atoms with Gasteiger partial charge in [-0.2, -0.15) is 0 Å². The summed E-state index contributed by atoms with van der Waals surface area (Å²) in [6.07, 6.45) is 0. The molecule has 100 valence electrons. The zero-order valence-electron chi connectivity index (χ0n) is 9.63. The average Bonchev–Trinajstić information content (AvgIpc) is 2.40. The molecular weight excluding hydrogens is 354 g/mol. The summed E-state index contributed by atoms with van der Waals surface area (Å²) < 4.78 is 13.9. The quantitative estimate of drug-likeness (QED) is 0.624. The minimum Gasteiger partial charge on any atom is -0.271 e. The molecule has 0 saturated heterocycles. The number of nitrogens with one attached hydrogen (secondary N) is 1. The molecule has 0 saturated carbocycles. The van der Waals surface area contributed by atoms with Crippen molar-refractivity contribution < 1.29 is 4.39 Å². The number of rotatable bonds is 3. The van der Waals surface area contributed by atoms with Crippen molar-refractivity contribution in [3.8, 4) is 0 Å². The van der Waals surface area contributed by atoms with Crippen molar-refractivity contribution in [1.29, 1.82) is 0 Å². The van der Waals surface area contributed by atoms with Crippen LogP contribution in [0.1, 0.15) is 17.2 Å². The van der Waals surface area contributed by atoms with Gasteiger partial charge in [0.05, 0.1) is 20.6 Å². The molecule has 3 N–H and O–H groups in total. The zero-order valence-corrected chi connectivity index (χ0v) is 12.7. The fourth-order valence-electron chi connectivity index (χ4n) is 1.83. The van der Waals surface area contributed by atoms with Gasteiger partial charge in [0.15, 0.2) is 0 Å². The molecule has 1 atom stereocenters. The average molecular weight is 364 g/mol. The van der Waals surface area contributed by atoms with Crippen LogP contribution in [0.4, 0.5) is 4.39 Å². The number of hydrogen-bond donors (Lipinski definition) is 2. The second kappa shape index (κ2) is 6.20. The molecule has 1 unspecified atom stereocenters. The highest BCUT2D eigenvalue weighted by molar-refractivity contribution is 9.10. The summed E-state index contributed by atoms with van der Waals surface area (Å²) in [5.41, 5.74) is 3.96. The summed E-state index contributed by atoms with van der Waals surface area (Å²) in [5, 5.41) is 0.815. The predicted molar refractivity (Wildman–Crippen MR) is 79.7 cm³/mol. The lowest BCUT2D eigenvalue weighted by atomic mass is 9.99. The first kappa shape index (κ1) is 14.8. The zero-order chi connectivity index (χ0) is 14.0. The number of halogens is 4. The molecule has 0 radical (unpaired) electrons. The molecule has 0 aromatic heterocycles. The molecule has 2 aromatic carbocycles. The van der Waals surface area contributed by atoms with Gasteiger partial charge in [0, 0.05) is 0 Å². The highest BCUT2D eigenvalue weighted by atomic mass is 79.9. The van der Waals surface area contributed by atoms with Crippen LogP contribution < -0.4 is 11.3 Å². The van der Waals surface area contributed by atoms with E-state index in [1.165, 1.54) is 6.07 Å². The maximum absolute atomic E-state index is 13.6. The summed E-state index contributed by atoms with van der Waals surface area (Å²) in [6, 6.07) is 9.50. The van der Waals surface area contributed by atoms with Crippen LogP contribution in [-0.2, 0) is 0 Å². The third-order valence-electron chi connectivity index (χ3n) is 2.75. The first-order valence-electron chi connectivity index (χ1n) is 5.40. The van der Waals surface area contributed by atoms with Crippen LogP contribution in [-0.4, -0.2) is 0 Å². The van der Waals surface area contributed by atoms with Gasteiger partial charge in [0.1, 0.15) is 5.82 Å². The number of hydrogen-bond acceptors (Lipinski definition) is 2. The maximum atomic E-state index is 13.6. The molecule has 2 aromatic rings. The van der Waals surface area contributed by atoms with Crippen LogP contribution in [0.25, 0.3) is 0 Å². The van der Waals surface area contributed by atoms with E-state index in [2.05, 4.69) is 21.4 Å².